The molecule has 3 aromatic rings. The number of hydrogen-bond donors (Lipinski definition) is 1. The quantitative estimate of drug-likeness (QED) is 0.352. The number of carbonyl (C=O) groups is 2. The number of thioether (sulfide) groups is 1. The number of nitrogens with one attached hydrogen (secondary N) is 1. The lowest BCUT2D eigenvalue weighted by Gasteiger charge is -2.06. The predicted octanol–water partition coefficient (Wildman–Crippen LogP) is 6.03. The first kappa shape index (κ1) is 23.4. The average Bonchev–Trinajstić information content (AvgIpc) is 3.40. The van der Waals surface area contributed by atoms with Crippen molar-refractivity contribution in [2.24, 2.45) is 4.99 Å². The second-order valence-corrected chi connectivity index (χ2v) is 8.06. The molecule has 0 bridgehead atoms. The molecule has 2 heterocycles. The summed E-state index contributed by atoms with van der Waals surface area (Å²) in [5.74, 6) is 0.0872. The fraction of sp³-hybridized carbons (Fsp3) is 0.125. The van der Waals surface area contributed by atoms with Crippen molar-refractivity contribution in [3.63, 3.8) is 0 Å². The predicted molar refractivity (Wildman–Crippen MR) is 122 cm³/mol. The van der Waals surface area contributed by atoms with Crippen LogP contribution in [0.2, 0.25) is 0 Å². The van der Waals surface area contributed by atoms with Gasteiger partial charge in [-0.05, 0) is 61.2 Å². The molecule has 2 aromatic carbocycles. The van der Waals surface area contributed by atoms with E-state index in [1.807, 2.05) is 0 Å². The molecule has 1 amide bonds. The molecule has 4 rings (SSSR count). The van der Waals surface area contributed by atoms with E-state index in [0.717, 1.165) is 29.5 Å². The first-order valence-electron chi connectivity index (χ1n) is 10.1. The van der Waals surface area contributed by atoms with E-state index in [1.165, 1.54) is 18.2 Å². The van der Waals surface area contributed by atoms with Gasteiger partial charge < -0.3 is 14.5 Å². The van der Waals surface area contributed by atoms with E-state index in [9.17, 15) is 22.8 Å². The number of halogens is 3. The summed E-state index contributed by atoms with van der Waals surface area (Å²) < 4.78 is 49.4. The summed E-state index contributed by atoms with van der Waals surface area (Å²) in [5.41, 5.74) is 0.405. The van der Waals surface area contributed by atoms with E-state index >= 15 is 0 Å². The van der Waals surface area contributed by atoms with Crippen molar-refractivity contribution >= 4 is 40.6 Å². The number of nitrogens with zero attached hydrogens (tertiary/aromatic N) is 1. The van der Waals surface area contributed by atoms with E-state index in [0.29, 0.717) is 17.1 Å². The number of ether oxygens (including phenoxy) is 1. The number of carbonyl (C=O) groups excluding carboxylic acids is 2. The normalized spacial score (nSPS) is 16.2. The van der Waals surface area contributed by atoms with Crippen LogP contribution in [0.1, 0.15) is 28.6 Å². The number of amidine groups is 1. The van der Waals surface area contributed by atoms with Gasteiger partial charge in [-0.2, -0.15) is 13.2 Å². The highest BCUT2D eigenvalue weighted by molar-refractivity contribution is 8.18. The maximum Gasteiger partial charge on any atom is 0.416 e. The number of furan rings is 1. The molecule has 0 radical (unpaired) electrons. The molecule has 0 unspecified atom stereocenters. The zero-order valence-corrected chi connectivity index (χ0v) is 18.5. The summed E-state index contributed by atoms with van der Waals surface area (Å²) in [5, 5.41) is 2.70. The molecule has 1 saturated heterocycles. The Morgan fingerprint density at radius 1 is 1.15 bits per heavy atom. The first-order chi connectivity index (χ1) is 16.2. The molecule has 1 N–H and O–H groups in total. The van der Waals surface area contributed by atoms with Crippen LogP contribution in [-0.4, -0.2) is 23.7 Å². The largest absolute Gasteiger partial charge is 0.462 e. The number of esters is 1. The summed E-state index contributed by atoms with van der Waals surface area (Å²) >= 11 is 0.994. The number of benzene rings is 2. The molecule has 6 nitrogen and oxygen atoms in total. The van der Waals surface area contributed by atoms with Crippen LogP contribution in [0, 0.1) is 0 Å². The van der Waals surface area contributed by atoms with Crippen LogP contribution in [0.25, 0.3) is 17.4 Å². The molecule has 0 atom stereocenters. The third kappa shape index (κ3) is 5.40. The number of rotatable bonds is 5. The van der Waals surface area contributed by atoms with Crippen molar-refractivity contribution < 1.29 is 31.9 Å². The lowest BCUT2D eigenvalue weighted by atomic mass is 10.1. The molecule has 0 saturated carbocycles. The second kappa shape index (κ2) is 9.60. The van der Waals surface area contributed by atoms with Gasteiger partial charge in [0.15, 0.2) is 5.17 Å². The molecule has 10 heteroatoms. The van der Waals surface area contributed by atoms with Gasteiger partial charge in [-0.3, -0.25) is 4.79 Å². The highest BCUT2D eigenvalue weighted by atomic mass is 32.2. The molecule has 1 fully saturated rings. The van der Waals surface area contributed by atoms with Gasteiger partial charge in [0.2, 0.25) is 0 Å². The van der Waals surface area contributed by atoms with Crippen LogP contribution in [0.5, 0.6) is 0 Å². The Bertz CT molecular complexity index is 1290. The summed E-state index contributed by atoms with van der Waals surface area (Å²) in [6.45, 7) is 2.02. The lowest BCUT2D eigenvalue weighted by molar-refractivity contribution is -0.137. The van der Waals surface area contributed by atoms with Crippen molar-refractivity contribution in [2.75, 3.05) is 6.61 Å². The molecule has 34 heavy (non-hydrogen) atoms. The maximum absolute atomic E-state index is 12.9. The Kier molecular flexibility index (Phi) is 6.60. The van der Waals surface area contributed by atoms with E-state index in [1.54, 1.807) is 43.3 Å². The minimum absolute atomic E-state index is 0.0745. The average molecular weight is 486 g/mol. The Morgan fingerprint density at radius 2 is 1.91 bits per heavy atom. The van der Waals surface area contributed by atoms with Gasteiger partial charge in [0.25, 0.3) is 5.91 Å². The second-order valence-electron chi connectivity index (χ2n) is 7.03. The topological polar surface area (TPSA) is 80.9 Å². The van der Waals surface area contributed by atoms with Gasteiger partial charge in [0.1, 0.15) is 11.5 Å². The summed E-state index contributed by atoms with van der Waals surface area (Å²) in [7, 11) is 0. The van der Waals surface area contributed by atoms with Crippen molar-refractivity contribution in [1.29, 1.82) is 0 Å². The standard InChI is InChI=1S/C24H17F3N2O4S/c1-2-32-22(31)15-8-6-14(7-9-15)19-11-10-18(33-19)13-20-21(30)29-23(34-20)28-17-5-3-4-16(12-17)24(25,26)27/h3-13H,2H2,1H3,(H,28,29,30)/b20-13+. The first-order valence-corrected chi connectivity index (χ1v) is 10.9. The molecular formula is C24H17F3N2O4S. The van der Waals surface area contributed by atoms with Crippen molar-refractivity contribution in [3.8, 4) is 11.3 Å². The molecule has 1 aromatic heterocycles. The number of aliphatic imine (C=N–C) groups is 1. The highest BCUT2D eigenvalue weighted by Crippen LogP contribution is 2.33. The number of amides is 1. The van der Waals surface area contributed by atoms with E-state index in [4.69, 9.17) is 9.15 Å². The Balaban J connectivity index is 1.49. The fourth-order valence-electron chi connectivity index (χ4n) is 3.05. The summed E-state index contributed by atoms with van der Waals surface area (Å²) in [4.78, 5) is 28.4. The highest BCUT2D eigenvalue weighted by Gasteiger charge is 2.30. The minimum Gasteiger partial charge on any atom is -0.462 e. The maximum atomic E-state index is 12.9. The Morgan fingerprint density at radius 3 is 2.62 bits per heavy atom. The van der Waals surface area contributed by atoms with Crippen molar-refractivity contribution in [1.82, 2.24) is 5.32 Å². The van der Waals surface area contributed by atoms with Gasteiger partial charge >= 0.3 is 12.1 Å². The van der Waals surface area contributed by atoms with E-state index < -0.39 is 23.6 Å². The molecule has 1 aliphatic heterocycles. The van der Waals surface area contributed by atoms with Gasteiger partial charge in [-0.25, -0.2) is 9.79 Å². The summed E-state index contributed by atoms with van der Waals surface area (Å²) in [6, 6.07) is 14.6. The number of hydrogen-bond acceptors (Lipinski definition) is 6. The molecule has 174 valence electrons. The molecule has 1 aliphatic rings. The Hall–Kier alpha value is -3.79. The van der Waals surface area contributed by atoms with Gasteiger partial charge in [-0.15, -0.1) is 0 Å². The SMILES string of the molecule is CCOC(=O)c1ccc(-c2ccc(/C=C3/SC(=Nc4cccc(C(F)(F)F)c4)NC3=O)o2)cc1. The van der Waals surface area contributed by atoms with Gasteiger partial charge in [0.05, 0.1) is 28.3 Å². The smallest absolute Gasteiger partial charge is 0.416 e. The van der Waals surface area contributed by atoms with E-state index in [2.05, 4.69) is 10.3 Å². The van der Waals surface area contributed by atoms with E-state index in [-0.39, 0.29) is 22.4 Å². The number of alkyl halides is 3. The van der Waals surface area contributed by atoms with Crippen molar-refractivity contribution in [2.45, 2.75) is 13.1 Å². The lowest BCUT2D eigenvalue weighted by Crippen LogP contribution is -2.19. The third-order valence-corrected chi connectivity index (χ3v) is 5.55. The van der Waals surface area contributed by atoms with Crippen molar-refractivity contribution in [3.05, 3.63) is 82.5 Å². The monoisotopic (exact) mass is 486 g/mol. The van der Waals surface area contributed by atoms with Crippen LogP contribution in [0.3, 0.4) is 0 Å². The van der Waals surface area contributed by atoms with Crippen LogP contribution in [0.15, 0.2) is 75.0 Å². The van der Waals surface area contributed by atoms with Gasteiger partial charge in [0, 0.05) is 11.6 Å². The van der Waals surface area contributed by atoms with Crippen LogP contribution in [0.4, 0.5) is 18.9 Å². The minimum atomic E-state index is -4.48. The van der Waals surface area contributed by atoms with Crippen LogP contribution >= 0.6 is 11.8 Å². The molecule has 0 aliphatic carbocycles. The Labute approximate surface area is 196 Å². The third-order valence-electron chi connectivity index (χ3n) is 4.64. The molecule has 0 spiro atoms. The zero-order valence-electron chi connectivity index (χ0n) is 17.7. The summed E-state index contributed by atoms with van der Waals surface area (Å²) in [6.07, 6.45) is -2.96. The fourth-order valence-corrected chi connectivity index (χ4v) is 3.87. The van der Waals surface area contributed by atoms with Crippen LogP contribution < -0.4 is 5.32 Å². The van der Waals surface area contributed by atoms with Crippen LogP contribution in [-0.2, 0) is 15.7 Å². The molecular weight excluding hydrogens is 469 g/mol. The van der Waals surface area contributed by atoms with Gasteiger partial charge in [-0.1, -0.05) is 18.2 Å². The zero-order chi connectivity index (χ0) is 24.3.